The Balaban J connectivity index is 1.95. The van der Waals surface area contributed by atoms with E-state index in [1.165, 1.54) is 0 Å². The molecule has 0 saturated carbocycles. The van der Waals surface area contributed by atoms with Crippen LogP contribution < -0.4 is 10.1 Å². The van der Waals surface area contributed by atoms with Gasteiger partial charge in [-0.3, -0.25) is 0 Å². The molecule has 0 atom stereocenters. The van der Waals surface area contributed by atoms with Gasteiger partial charge in [0.2, 0.25) is 0 Å². The van der Waals surface area contributed by atoms with Crippen molar-refractivity contribution in [1.82, 2.24) is 5.32 Å². The Morgan fingerprint density at radius 2 is 2.05 bits per heavy atom. The Morgan fingerprint density at radius 1 is 1.20 bits per heavy atom. The lowest BCUT2D eigenvalue weighted by Gasteiger charge is -2.12. The molecule has 20 heavy (non-hydrogen) atoms. The number of aryl methyl sites for hydroxylation is 1. The minimum absolute atomic E-state index is 0.716. The van der Waals surface area contributed by atoms with Crippen molar-refractivity contribution in [2.75, 3.05) is 6.61 Å². The van der Waals surface area contributed by atoms with Gasteiger partial charge in [-0.1, -0.05) is 22.9 Å². The molecular formula is C16H20BrNO2. The molecule has 0 bridgehead atoms. The molecule has 108 valence electrons. The van der Waals surface area contributed by atoms with Crippen LogP contribution in [0.2, 0.25) is 0 Å². The Morgan fingerprint density at radius 3 is 2.75 bits per heavy atom. The number of halogens is 1. The molecule has 0 unspecified atom stereocenters. The fourth-order valence-electron chi connectivity index (χ4n) is 1.94. The number of nitrogens with one attached hydrogen (secondary N) is 1. The number of furan rings is 1. The first-order valence-corrected chi connectivity index (χ1v) is 7.65. The van der Waals surface area contributed by atoms with E-state index in [0.717, 1.165) is 46.9 Å². The van der Waals surface area contributed by atoms with Gasteiger partial charge in [-0.2, -0.15) is 0 Å². The van der Waals surface area contributed by atoms with Gasteiger partial charge < -0.3 is 14.5 Å². The molecule has 0 fully saturated rings. The monoisotopic (exact) mass is 337 g/mol. The molecule has 2 rings (SSSR count). The van der Waals surface area contributed by atoms with Crippen LogP contribution in [-0.2, 0) is 13.1 Å². The van der Waals surface area contributed by atoms with E-state index in [1.54, 1.807) is 0 Å². The average molecular weight is 338 g/mol. The second kappa shape index (κ2) is 7.50. The van der Waals surface area contributed by atoms with E-state index >= 15 is 0 Å². The minimum atomic E-state index is 0.716. The summed E-state index contributed by atoms with van der Waals surface area (Å²) >= 11 is 3.50. The van der Waals surface area contributed by atoms with Crippen molar-refractivity contribution >= 4 is 15.9 Å². The van der Waals surface area contributed by atoms with Gasteiger partial charge in [0.15, 0.2) is 0 Å². The largest absolute Gasteiger partial charge is 0.493 e. The highest BCUT2D eigenvalue weighted by molar-refractivity contribution is 9.10. The van der Waals surface area contributed by atoms with E-state index in [2.05, 4.69) is 34.2 Å². The fraction of sp³-hybridized carbons (Fsp3) is 0.375. The summed E-state index contributed by atoms with van der Waals surface area (Å²) in [5.74, 6) is 2.84. The van der Waals surface area contributed by atoms with Crippen molar-refractivity contribution in [2.45, 2.75) is 33.4 Å². The third kappa shape index (κ3) is 4.39. The Bertz CT molecular complexity index is 551. The van der Waals surface area contributed by atoms with Gasteiger partial charge >= 0.3 is 0 Å². The maximum Gasteiger partial charge on any atom is 0.123 e. The third-order valence-corrected chi connectivity index (χ3v) is 3.39. The normalized spacial score (nSPS) is 10.8. The van der Waals surface area contributed by atoms with Crippen LogP contribution in [0.3, 0.4) is 0 Å². The van der Waals surface area contributed by atoms with Gasteiger partial charge in [0, 0.05) is 16.6 Å². The Kier molecular flexibility index (Phi) is 5.68. The van der Waals surface area contributed by atoms with Gasteiger partial charge in [-0.15, -0.1) is 0 Å². The Hall–Kier alpha value is -1.26. The number of hydrogen-bond acceptors (Lipinski definition) is 3. The van der Waals surface area contributed by atoms with E-state index in [-0.39, 0.29) is 0 Å². The zero-order valence-corrected chi connectivity index (χ0v) is 13.5. The van der Waals surface area contributed by atoms with E-state index < -0.39 is 0 Å². The van der Waals surface area contributed by atoms with Crippen molar-refractivity contribution in [1.29, 1.82) is 0 Å². The summed E-state index contributed by atoms with van der Waals surface area (Å²) in [6.07, 6.45) is 1.01. The first-order chi connectivity index (χ1) is 9.69. The van der Waals surface area contributed by atoms with Gasteiger partial charge in [0.1, 0.15) is 17.3 Å². The van der Waals surface area contributed by atoms with E-state index in [9.17, 15) is 0 Å². The van der Waals surface area contributed by atoms with Crippen LogP contribution >= 0.6 is 15.9 Å². The lowest BCUT2D eigenvalue weighted by Crippen LogP contribution is -2.13. The van der Waals surface area contributed by atoms with E-state index in [4.69, 9.17) is 9.15 Å². The average Bonchev–Trinajstić information content (AvgIpc) is 2.84. The summed E-state index contributed by atoms with van der Waals surface area (Å²) in [6.45, 7) is 6.27. The first-order valence-electron chi connectivity index (χ1n) is 6.86. The molecule has 2 aromatic rings. The lowest BCUT2D eigenvalue weighted by molar-refractivity contribution is 0.313. The predicted molar refractivity (Wildman–Crippen MR) is 83.9 cm³/mol. The van der Waals surface area contributed by atoms with Gasteiger partial charge in [-0.25, -0.2) is 0 Å². The molecular weight excluding hydrogens is 318 g/mol. The van der Waals surface area contributed by atoms with Crippen LogP contribution in [0.1, 0.15) is 30.4 Å². The van der Waals surface area contributed by atoms with Crippen molar-refractivity contribution in [3.8, 4) is 5.75 Å². The molecule has 0 saturated heterocycles. The highest BCUT2D eigenvalue weighted by Gasteiger charge is 2.05. The summed E-state index contributed by atoms with van der Waals surface area (Å²) in [5.41, 5.74) is 1.15. The third-order valence-electron chi connectivity index (χ3n) is 2.89. The standard InChI is InChI=1S/C16H20BrNO2/c1-3-8-19-16-7-5-14(17)9-13(16)10-18-11-15-6-4-12(2)20-15/h4-7,9,18H,3,8,10-11H2,1-2H3. The quantitative estimate of drug-likeness (QED) is 0.811. The van der Waals surface area contributed by atoms with Crippen LogP contribution in [0.5, 0.6) is 5.75 Å². The molecule has 0 radical (unpaired) electrons. The number of rotatable bonds is 7. The van der Waals surface area contributed by atoms with Crippen LogP contribution in [0.25, 0.3) is 0 Å². The molecule has 0 spiro atoms. The molecule has 1 aromatic carbocycles. The number of benzene rings is 1. The second-order valence-electron chi connectivity index (χ2n) is 4.72. The molecule has 0 amide bonds. The Labute approximate surface area is 128 Å². The lowest BCUT2D eigenvalue weighted by atomic mass is 10.2. The molecule has 3 nitrogen and oxygen atoms in total. The zero-order valence-electron chi connectivity index (χ0n) is 11.9. The maximum atomic E-state index is 5.76. The molecule has 0 aliphatic carbocycles. The predicted octanol–water partition coefficient (Wildman–Crippen LogP) is 4.43. The van der Waals surface area contributed by atoms with Crippen molar-refractivity contribution in [2.24, 2.45) is 0 Å². The molecule has 4 heteroatoms. The maximum absolute atomic E-state index is 5.76. The summed E-state index contributed by atoms with van der Waals surface area (Å²) < 4.78 is 12.4. The summed E-state index contributed by atoms with van der Waals surface area (Å²) in [4.78, 5) is 0. The van der Waals surface area contributed by atoms with Gasteiger partial charge in [0.05, 0.1) is 13.2 Å². The van der Waals surface area contributed by atoms with Gasteiger partial charge in [-0.05, 0) is 43.7 Å². The van der Waals surface area contributed by atoms with Crippen LogP contribution in [0.4, 0.5) is 0 Å². The van der Waals surface area contributed by atoms with Crippen LogP contribution in [0.15, 0.2) is 39.2 Å². The van der Waals surface area contributed by atoms with E-state index in [0.29, 0.717) is 6.54 Å². The summed E-state index contributed by atoms with van der Waals surface area (Å²) in [7, 11) is 0. The molecule has 0 aliphatic heterocycles. The molecule has 1 heterocycles. The second-order valence-corrected chi connectivity index (χ2v) is 5.63. The number of hydrogen-bond donors (Lipinski definition) is 1. The summed E-state index contributed by atoms with van der Waals surface area (Å²) in [6, 6.07) is 10.1. The highest BCUT2D eigenvalue weighted by Crippen LogP contribution is 2.23. The topological polar surface area (TPSA) is 34.4 Å². The van der Waals surface area contributed by atoms with E-state index in [1.807, 2.05) is 31.2 Å². The highest BCUT2D eigenvalue weighted by atomic mass is 79.9. The van der Waals surface area contributed by atoms with Crippen molar-refractivity contribution in [3.05, 3.63) is 51.9 Å². The molecule has 1 N–H and O–H groups in total. The zero-order chi connectivity index (χ0) is 14.4. The number of ether oxygens (including phenoxy) is 1. The first kappa shape index (κ1) is 15.1. The molecule has 1 aromatic heterocycles. The van der Waals surface area contributed by atoms with Crippen molar-refractivity contribution < 1.29 is 9.15 Å². The van der Waals surface area contributed by atoms with Crippen LogP contribution in [0, 0.1) is 6.92 Å². The minimum Gasteiger partial charge on any atom is -0.493 e. The van der Waals surface area contributed by atoms with Gasteiger partial charge in [0.25, 0.3) is 0 Å². The molecule has 0 aliphatic rings. The SMILES string of the molecule is CCCOc1ccc(Br)cc1CNCc1ccc(C)o1. The fourth-order valence-corrected chi connectivity index (χ4v) is 2.35. The smallest absolute Gasteiger partial charge is 0.123 e. The van der Waals surface area contributed by atoms with Crippen LogP contribution in [-0.4, -0.2) is 6.61 Å². The van der Waals surface area contributed by atoms with Crippen molar-refractivity contribution in [3.63, 3.8) is 0 Å². The summed E-state index contributed by atoms with van der Waals surface area (Å²) in [5, 5.41) is 3.38.